The van der Waals surface area contributed by atoms with Crippen LogP contribution in [0, 0.1) is 5.82 Å². The highest BCUT2D eigenvalue weighted by Crippen LogP contribution is 2.16. The molecule has 0 aliphatic carbocycles. The van der Waals surface area contributed by atoms with Gasteiger partial charge in [0.15, 0.2) is 5.96 Å². The lowest BCUT2D eigenvalue weighted by molar-refractivity contribution is -0.130. The molecular weight excluding hydrogens is 482 g/mol. The number of amides is 1. The van der Waals surface area contributed by atoms with Gasteiger partial charge in [-0.2, -0.15) is 0 Å². The van der Waals surface area contributed by atoms with Gasteiger partial charge in [-0.25, -0.2) is 9.38 Å². The predicted molar refractivity (Wildman–Crippen MR) is 119 cm³/mol. The molecule has 2 rings (SSSR count). The van der Waals surface area contributed by atoms with E-state index in [4.69, 9.17) is 11.6 Å². The number of rotatable bonds is 7. The first-order chi connectivity index (χ1) is 12.6. The van der Waals surface area contributed by atoms with Crippen molar-refractivity contribution < 1.29 is 9.18 Å². The minimum absolute atomic E-state index is 0. The van der Waals surface area contributed by atoms with Crippen molar-refractivity contribution >= 4 is 47.4 Å². The van der Waals surface area contributed by atoms with E-state index in [2.05, 4.69) is 15.6 Å². The molecule has 0 radical (unpaired) electrons. The molecule has 27 heavy (non-hydrogen) atoms. The number of hydrogen-bond donors (Lipinski definition) is 2. The summed E-state index contributed by atoms with van der Waals surface area (Å²) in [6, 6.07) is 4.62. The lowest BCUT2D eigenvalue weighted by atomic mass is 10.2. The maximum absolute atomic E-state index is 13.2. The molecule has 1 aliphatic rings. The van der Waals surface area contributed by atoms with Crippen molar-refractivity contribution in [3.05, 3.63) is 34.6 Å². The maximum atomic E-state index is 13.2. The third-order valence-electron chi connectivity index (χ3n) is 4.32. The van der Waals surface area contributed by atoms with Crippen molar-refractivity contribution in [1.82, 2.24) is 15.5 Å². The van der Waals surface area contributed by atoms with Gasteiger partial charge >= 0.3 is 0 Å². The SMILES string of the molecule is CCNC(=NCc1ccc(F)c(Cl)c1)NCCCN1CCCCCC1=O.I. The van der Waals surface area contributed by atoms with Gasteiger partial charge in [-0.3, -0.25) is 4.79 Å². The van der Waals surface area contributed by atoms with Crippen LogP contribution in [0.2, 0.25) is 5.02 Å². The van der Waals surface area contributed by atoms with Crippen LogP contribution in [0.25, 0.3) is 0 Å². The predicted octanol–water partition coefficient (Wildman–Crippen LogP) is 3.94. The molecule has 1 saturated heterocycles. The molecule has 1 aromatic carbocycles. The molecule has 5 nitrogen and oxygen atoms in total. The number of hydrogen-bond acceptors (Lipinski definition) is 2. The lowest BCUT2D eigenvalue weighted by Crippen LogP contribution is -2.39. The number of carbonyl (C=O) groups excluding carboxylic acids is 1. The van der Waals surface area contributed by atoms with Crippen molar-refractivity contribution in [2.24, 2.45) is 4.99 Å². The molecule has 0 unspecified atom stereocenters. The van der Waals surface area contributed by atoms with E-state index in [1.54, 1.807) is 12.1 Å². The molecule has 0 saturated carbocycles. The van der Waals surface area contributed by atoms with Crippen LogP contribution in [0.4, 0.5) is 4.39 Å². The average molecular weight is 511 g/mol. The normalized spacial score (nSPS) is 15.1. The van der Waals surface area contributed by atoms with Gasteiger partial charge < -0.3 is 15.5 Å². The number of guanidine groups is 1. The number of halogens is 3. The van der Waals surface area contributed by atoms with E-state index in [1.165, 1.54) is 6.07 Å². The van der Waals surface area contributed by atoms with Gasteiger partial charge in [0.25, 0.3) is 0 Å². The molecule has 0 aromatic heterocycles. The Hall–Kier alpha value is -1.09. The summed E-state index contributed by atoms with van der Waals surface area (Å²) < 4.78 is 13.2. The van der Waals surface area contributed by atoms with E-state index >= 15 is 0 Å². The average Bonchev–Trinajstić information content (AvgIpc) is 2.83. The molecule has 152 valence electrons. The van der Waals surface area contributed by atoms with E-state index in [0.717, 1.165) is 57.4 Å². The van der Waals surface area contributed by atoms with E-state index in [0.29, 0.717) is 18.9 Å². The molecule has 0 spiro atoms. The van der Waals surface area contributed by atoms with Crippen LogP contribution in [-0.2, 0) is 11.3 Å². The Morgan fingerprint density at radius 2 is 2.11 bits per heavy atom. The first kappa shape index (κ1) is 23.9. The van der Waals surface area contributed by atoms with Crippen LogP contribution in [0.5, 0.6) is 0 Å². The first-order valence-electron chi connectivity index (χ1n) is 9.34. The summed E-state index contributed by atoms with van der Waals surface area (Å²) in [5.74, 6) is 0.555. The van der Waals surface area contributed by atoms with Crippen molar-refractivity contribution in [2.45, 2.75) is 45.6 Å². The Balaban J connectivity index is 0.00000364. The summed E-state index contributed by atoms with van der Waals surface area (Å²) in [7, 11) is 0. The number of nitrogens with one attached hydrogen (secondary N) is 2. The van der Waals surface area contributed by atoms with E-state index in [-0.39, 0.29) is 34.9 Å². The van der Waals surface area contributed by atoms with Crippen LogP contribution in [0.15, 0.2) is 23.2 Å². The van der Waals surface area contributed by atoms with Gasteiger partial charge in [0.05, 0.1) is 11.6 Å². The van der Waals surface area contributed by atoms with Crippen LogP contribution in [0.3, 0.4) is 0 Å². The van der Waals surface area contributed by atoms with Gasteiger partial charge in [-0.1, -0.05) is 24.1 Å². The monoisotopic (exact) mass is 510 g/mol. The topological polar surface area (TPSA) is 56.7 Å². The highest BCUT2D eigenvalue weighted by atomic mass is 127. The molecular formula is C19H29ClFIN4O. The largest absolute Gasteiger partial charge is 0.357 e. The zero-order valence-electron chi connectivity index (χ0n) is 15.8. The Kier molecular flexibility index (Phi) is 11.7. The fraction of sp³-hybridized carbons (Fsp3) is 0.579. The Morgan fingerprint density at radius 1 is 1.30 bits per heavy atom. The molecule has 0 bridgehead atoms. The van der Waals surface area contributed by atoms with Crippen LogP contribution < -0.4 is 10.6 Å². The smallest absolute Gasteiger partial charge is 0.222 e. The van der Waals surface area contributed by atoms with Gasteiger partial charge in [0, 0.05) is 32.6 Å². The van der Waals surface area contributed by atoms with E-state index in [1.807, 2.05) is 11.8 Å². The minimum atomic E-state index is -0.424. The fourth-order valence-electron chi connectivity index (χ4n) is 2.90. The zero-order chi connectivity index (χ0) is 18.8. The summed E-state index contributed by atoms with van der Waals surface area (Å²) in [5.41, 5.74) is 0.851. The summed E-state index contributed by atoms with van der Waals surface area (Å²) in [5, 5.41) is 6.58. The van der Waals surface area contributed by atoms with E-state index in [9.17, 15) is 9.18 Å². The minimum Gasteiger partial charge on any atom is -0.357 e. The van der Waals surface area contributed by atoms with Gasteiger partial charge in [-0.15, -0.1) is 24.0 Å². The highest BCUT2D eigenvalue weighted by Gasteiger charge is 2.15. The van der Waals surface area contributed by atoms with Crippen molar-refractivity contribution in [2.75, 3.05) is 26.2 Å². The highest BCUT2D eigenvalue weighted by molar-refractivity contribution is 14.0. The zero-order valence-corrected chi connectivity index (χ0v) is 18.9. The molecule has 1 amide bonds. The summed E-state index contributed by atoms with van der Waals surface area (Å²) in [6.07, 6.45) is 4.81. The standard InChI is InChI=1S/C19H28ClFN4O.HI/c1-2-22-19(24-14-15-8-9-17(21)16(20)13-15)23-10-6-12-25-11-5-3-4-7-18(25)26;/h8-9,13H,2-7,10-12,14H2,1H3,(H2,22,23,24);1H. The molecule has 1 heterocycles. The quantitative estimate of drug-likeness (QED) is 0.253. The van der Waals surface area contributed by atoms with Gasteiger partial charge in [0.1, 0.15) is 5.82 Å². The van der Waals surface area contributed by atoms with Crippen LogP contribution >= 0.6 is 35.6 Å². The number of benzene rings is 1. The molecule has 1 aliphatic heterocycles. The third kappa shape index (κ3) is 8.64. The summed E-state index contributed by atoms with van der Waals surface area (Å²) in [6.45, 7) is 5.55. The van der Waals surface area contributed by atoms with Crippen LogP contribution in [0.1, 0.15) is 44.6 Å². The second-order valence-corrected chi connectivity index (χ2v) is 6.82. The lowest BCUT2D eigenvalue weighted by Gasteiger charge is -2.20. The number of likely N-dealkylation sites (tertiary alicyclic amines) is 1. The Bertz CT molecular complexity index is 630. The van der Waals surface area contributed by atoms with E-state index < -0.39 is 5.82 Å². The Labute approximate surface area is 183 Å². The third-order valence-corrected chi connectivity index (χ3v) is 4.61. The van der Waals surface area contributed by atoms with Gasteiger partial charge in [0.2, 0.25) is 5.91 Å². The molecule has 1 fully saturated rings. The first-order valence-corrected chi connectivity index (χ1v) is 9.72. The van der Waals surface area contributed by atoms with Crippen molar-refractivity contribution in [1.29, 1.82) is 0 Å². The second-order valence-electron chi connectivity index (χ2n) is 6.42. The van der Waals surface area contributed by atoms with Gasteiger partial charge in [-0.05, 0) is 43.9 Å². The molecule has 2 N–H and O–H groups in total. The number of aliphatic imine (C=N–C) groups is 1. The second kappa shape index (κ2) is 13.1. The molecule has 8 heteroatoms. The van der Waals surface area contributed by atoms with Crippen molar-refractivity contribution in [3.63, 3.8) is 0 Å². The fourth-order valence-corrected chi connectivity index (χ4v) is 3.10. The number of nitrogens with zero attached hydrogens (tertiary/aromatic N) is 2. The summed E-state index contributed by atoms with van der Waals surface area (Å²) >= 11 is 5.80. The molecule has 1 aromatic rings. The maximum Gasteiger partial charge on any atom is 0.222 e. The Morgan fingerprint density at radius 3 is 2.85 bits per heavy atom. The number of carbonyl (C=O) groups is 1. The molecule has 0 atom stereocenters. The van der Waals surface area contributed by atoms with Crippen molar-refractivity contribution in [3.8, 4) is 0 Å². The van der Waals surface area contributed by atoms with Crippen LogP contribution in [-0.4, -0.2) is 42.9 Å². The summed E-state index contributed by atoms with van der Waals surface area (Å²) in [4.78, 5) is 18.5.